The Morgan fingerprint density at radius 3 is 2.26 bits per heavy atom. The first-order chi connectivity index (χ1) is 20.2. The smallest absolute Gasteiger partial charge is 0.250 e. The SMILES string of the molecule is CC[C@H](C)[C@H](CO)N1C(=O)[C@@H]2[C@@H](C(=O)Nc3ccccc3)[C@@H]3OC2(CC3Br)C1C(=O)Nc1ccc(N(CC)CC)cc1. The number of hydrogen-bond donors (Lipinski definition) is 3. The molecule has 10 heteroatoms. The number of fused-ring (bicyclic) bond motifs is 1. The lowest BCUT2D eigenvalue weighted by atomic mass is 9.70. The predicted molar refractivity (Wildman–Crippen MR) is 167 cm³/mol. The fraction of sp³-hybridized carbons (Fsp3) is 0.531. The number of para-hydroxylation sites is 1. The van der Waals surface area contributed by atoms with E-state index in [1.807, 2.05) is 56.3 Å². The van der Waals surface area contributed by atoms with Crippen molar-refractivity contribution >= 4 is 50.7 Å². The molecule has 5 rings (SSSR count). The number of hydrogen-bond acceptors (Lipinski definition) is 6. The van der Waals surface area contributed by atoms with Crippen molar-refractivity contribution < 1.29 is 24.2 Å². The molecule has 9 nitrogen and oxygen atoms in total. The lowest BCUT2D eigenvalue weighted by molar-refractivity contribution is -0.144. The zero-order valence-electron chi connectivity index (χ0n) is 24.6. The number of rotatable bonds is 11. The topological polar surface area (TPSA) is 111 Å². The van der Waals surface area contributed by atoms with Gasteiger partial charge in [-0.1, -0.05) is 54.4 Å². The Balaban J connectivity index is 1.50. The Bertz CT molecular complexity index is 1290. The van der Waals surface area contributed by atoms with Crippen LogP contribution < -0.4 is 15.5 Å². The van der Waals surface area contributed by atoms with E-state index in [2.05, 4.69) is 45.3 Å². The van der Waals surface area contributed by atoms with Crippen LogP contribution in [0.15, 0.2) is 54.6 Å². The van der Waals surface area contributed by atoms with Gasteiger partial charge in [0.2, 0.25) is 17.7 Å². The zero-order chi connectivity index (χ0) is 30.2. The third-order valence-electron chi connectivity index (χ3n) is 9.43. The quantitative estimate of drug-likeness (QED) is 0.317. The Labute approximate surface area is 256 Å². The summed E-state index contributed by atoms with van der Waals surface area (Å²) >= 11 is 3.72. The van der Waals surface area contributed by atoms with E-state index in [9.17, 15) is 19.5 Å². The molecule has 0 saturated carbocycles. The number of carbonyl (C=O) groups is 3. The molecule has 3 saturated heterocycles. The van der Waals surface area contributed by atoms with Gasteiger partial charge in [-0.05, 0) is 62.6 Å². The second kappa shape index (κ2) is 12.3. The summed E-state index contributed by atoms with van der Waals surface area (Å²) in [6.45, 7) is 9.59. The van der Waals surface area contributed by atoms with Crippen LogP contribution in [0.4, 0.5) is 17.1 Å². The van der Waals surface area contributed by atoms with Crippen LogP contribution in [0, 0.1) is 17.8 Å². The highest BCUT2D eigenvalue weighted by Crippen LogP contribution is 2.60. The number of amides is 3. The predicted octanol–water partition coefficient (Wildman–Crippen LogP) is 4.27. The van der Waals surface area contributed by atoms with Crippen molar-refractivity contribution in [3.63, 3.8) is 0 Å². The summed E-state index contributed by atoms with van der Waals surface area (Å²) in [4.78, 5) is 45.9. The fourth-order valence-electron chi connectivity index (χ4n) is 7.14. The van der Waals surface area contributed by atoms with Gasteiger partial charge in [-0.3, -0.25) is 14.4 Å². The largest absolute Gasteiger partial charge is 0.394 e. The minimum absolute atomic E-state index is 0.0774. The number of anilines is 3. The molecule has 2 bridgehead atoms. The van der Waals surface area contributed by atoms with E-state index in [4.69, 9.17) is 4.74 Å². The molecule has 2 aromatic carbocycles. The highest BCUT2D eigenvalue weighted by molar-refractivity contribution is 9.09. The third kappa shape index (κ3) is 5.11. The van der Waals surface area contributed by atoms with Crippen molar-refractivity contribution in [2.45, 2.75) is 69.2 Å². The average Bonchev–Trinajstić information content (AvgIpc) is 3.59. The molecule has 0 aromatic heterocycles. The van der Waals surface area contributed by atoms with Gasteiger partial charge in [0.1, 0.15) is 11.6 Å². The molecule has 0 aliphatic carbocycles. The highest BCUT2D eigenvalue weighted by atomic mass is 79.9. The maximum absolute atomic E-state index is 14.4. The Kier molecular flexibility index (Phi) is 8.97. The summed E-state index contributed by atoms with van der Waals surface area (Å²) in [5, 5.41) is 16.5. The Morgan fingerprint density at radius 2 is 1.67 bits per heavy atom. The van der Waals surface area contributed by atoms with E-state index in [0.29, 0.717) is 24.2 Å². The van der Waals surface area contributed by atoms with E-state index < -0.39 is 35.6 Å². The zero-order valence-corrected chi connectivity index (χ0v) is 26.2. The van der Waals surface area contributed by atoms with E-state index in [0.717, 1.165) is 18.8 Å². The summed E-state index contributed by atoms with van der Waals surface area (Å²) in [5.41, 5.74) is 1.08. The van der Waals surface area contributed by atoms with Crippen LogP contribution in [0.1, 0.15) is 40.5 Å². The minimum Gasteiger partial charge on any atom is -0.394 e. The lowest BCUT2D eigenvalue weighted by Gasteiger charge is -2.38. The molecule has 3 aliphatic rings. The van der Waals surface area contributed by atoms with Gasteiger partial charge < -0.3 is 30.3 Å². The first-order valence-corrected chi connectivity index (χ1v) is 15.9. The van der Waals surface area contributed by atoms with Gasteiger partial charge in [-0.15, -0.1) is 0 Å². The molecule has 3 N–H and O–H groups in total. The van der Waals surface area contributed by atoms with Crippen LogP contribution in [0.3, 0.4) is 0 Å². The molecule has 42 heavy (non-hydrogen) atoms. The van der Waals surface area contributed by atoms with Crippen LogP contribution in [-0.4, -0.2) is 76.0 Å². The molecule has 3 fully saturated rings. The molecule has 2 aromatic rings. The molecular weight excluding hydrogens is 600 g/mol. The minimum atomic E-state index is -1.21. The van der Waals surface area contributed by atoms with Crippen LogP contribution in [0.5, 0.6) is 0 Å². The van der Waals surface area contributed by atoms with E-state index in [1.165, 1.54) is 4.90 Å². The number of halogens is 1. The van der Waals surface area contributed by atoms with Gasteiger partial charge in [0.05, 0.1) is 30.6 Å². The van der Waals surface area contributed by atoms with Crippen molar-refractivity contribution in [3.8, 4) is 0 Å². The van der Waals surface area contributed by atoms with Crippen molar-refractivity contribution in [3.05, 3.63) is 54.6 Å². The number of carbonyl (C=O) groups excluding carboxylic acids is 3. The average molecular weight is 642 g/mol. The molecule has 0 radical (unpaired) electrons. The standard InChI is InChI=1S/C32H41BrN4O5/c1-5-19(4)24(18-38)37-28(30(40)35-21-13-15-22(16-14-21)36(6-2)7-3)32-17-23(33)27(42-32)25(26(32)31(37)41)29(39)34-20-11-9-8-10-12-20/h8-16,19,23-28,38H,5-7,17-18H2,1-4H3,(H,34,39)(H,35,40)/t19-,23?,24-,25+,26-,27+,28?,32?/m0/s1. The van der Waals surface area contributed by atoms with Gasteiger partial charge in [-0.25, -0.2) is 0 Å². The third-order valence-corrected chi connectivity index (χ3v) is 10.3. The maximum atomic E-state index is 14.4. The van der Waals surface area contributed by atoms with Crippen molar-refractivity contribution in [1.82, 2.24) is 4.90 Å². The molecular formula is C32H41BrN4O5. The van der Waals surface area contributed by atoms with Crippen molar-refractivity contribution in [1.29, 1.82) is 0 Å². The monoisotopic (exact) mass is 640 g/mol. The number of aliphatic hydroxyl groups is 1. The van der Waals surface area contributed by atoms with E-state index >= 15 is 0 Å². The number of nitrogens with one attached hydrogen (secondary N) is 2. The molecule has 3 amide bonds. The van der Waals surface area contributed by atoms with Gasteiger partial charge >= 0.3 is 0 Å². The highest BCUT2D eigenvalue weighted by Gasteiger charge is 2.77. The second-order valence-electron chi connectivity index (χ2n) is 11.6. The summed E-state index contributed by atoms with van der Waals surface area (Å²) < 4.78 is 6.61. The number of nitrogens with zero attached hydrogens (tertiary/aromatic N) is 2. The second-order valence-corrected chi connectivity index (χ2v) is 12.8. The number of alkyl halides is 1. The Hall–Kier alpha value is -2.95. The van der Waals surface area contributed by atoms with Crippen LogP contribution in [-0.2, 0) is 19.1 Å². The van der Waals surface area contributed by atoms with Crippen LogP contribution >= 0.6 is 15.9 Å². The van der Waals surface area contributed by atoms with Gasteiger partial charge in [0.25, 0.3) is 0 Å². The summed E-state index contributed by atoms with van der Waals surface area (Å²) in [6, 6.07) is 15.1. The number of benzene rings is 2. The molecule has 226 valence electrons. The molecule has 8 atom stereocenters. The maximum Gasteiger partial charge on any atom is 0.250 e. The van der Waals surface area contributed by atoms with E-state index in [1.54, 1.807) is 12.1 Å². The Morgan fingerprint density at radius 1 is 1.05 bits per heavy atom. The van der Waals surface area contributed by atoms with Crippen LogP contribution in [0.25, 0.3) is 0 Å². The van der Waals surface area contributed by atoms with Gasteiger partial charge in [0, 0.05) is 35.0 Å². The summed E-state index contributed by atoms with van der Waals surface area (Å²) in [6.07, 6.45) is 0.540. The number of aliphatic hydroxyl groups excluding tert-OH is 1. The van der Waals surface area contributed by atoms with Crippen molar-refractivity contribution in [2.24, 2.45) is 17.8 Å². The number of likely N-dealkylation sites (tertiary alicyclic amines) is 1. The first kappa shape index (κ1) is 30.5. The number of ether oxygens (including phenoxy) is 1. The molecule has 3 aliphatic heterocycles. The van der Waals surface area contributed by atoms with Crippen LogP contribution in [0.2, 0.25) is 0 Å². The van der Waals surface area contributed by atoms with Gasteiger partial charge in [0.15, 0.2) is 0 Å². The normalized spacial score (nSPS) is 29.2. The lowest BCUT2D eigenvalue weighted by Crippen LogP contribution is -2.57. The fourth-order valence-corrected chi connectivity index (χ4v) is 8.08. The molecule has 3 heterocycles. The molecule has 3 unspecified atom stereocenters. The van der Waals surface area contributed by atoms with E-state index in [-0.39, 0.29) is 35.1 Å². The summed E-state index contributed by atoms with van der Waals surface area (Å²) in [5.74, 6) is -2.73. The van der Waals surface area contributed by atoms with Gasteiger partial charge in [-0.2, -0.15) is 0 Å². The first-order valence-electron chi connectivity index (χ1n) is 15.0. The van der Waals surface area contributed by atoms with Crippen molar-refractivity contribution in [2.75, 3.05) is 35.2 Å². The molecule has 1 spiro atoms. The summed E-state index contributed by atoms with van der Waals surface area (Å²) in [7, 11) is 0.